The van der Waals surface area contributed by atoms with E-state index in [1.165, 1.54) is 32.1 Å². The predicted molar refractivity (Wildman–Crippen MR) is 114 cm³/mol. The molecule has 3 heteroatoms. The summed E-state index contributed by atoms with van der Waals surface area (Å²) in [7, 11) is 0. The first kappa shape index (κ1) is 25.6. The Morgan fingerprint density at radius 3 is 2.00 bits per heavy atom. The van der Waals surface area contributed by atoms with Crippen LogP contribution in [0.4, 0.5) is 8.78 Å². The fourth-order valence-corrected chi connectivity index (χ4v) is 3.01. The van der Waals surface area contributed by atoms with E-state index >= 15 is 0 Å². The third kappa shape index (κ3) is 9.93. The van der Waals surface area contributed by atoms with Crippen molar-refractivity contribution in [1.82, 2.24) is 0 Å². The van der Waals surface area contributed by atoms with Crippen molar-refractivity contribution in [1.29, 1.82) is 0 Å². The Bertz CT molecular complexity index is 518. The van der Waals surface area contributed by atoms with Gasteiger partial charge < -0.3 is 4.74 Å². The molecule has 27 heavy (non-hydrogen) atoms. The van der Waals surface area contributed by atoms with Crippen LogP contribution in [0.15, 0.2) is 48.3 Å². The second-order valence-electron chi connectivity index (χ2n) is 7.88. The van der Waals surface area contributed by atoms with Gasteiger partial charge in [0.2, 0.25) is 5.83 Å². The summed E-state index contributed by atoms with van der Waals surface area (Å²) in [5, 5.41) is 0. The quantitative estimate of drug-likeness (QED) is 0.204. The topological polar surface area (TPSA) is 9.23 Å². The Balaban J connectivity index is 4.48. The van der Waals surface area contributed by atoms with E-state index in [0.717, 1.165) is 12.3 Å². The molecular formula is C24H40F2O. The maximum Gasteiger partial charge on any atom is 0.200 e. The fourth-order valence-electron chi connectivity index (χ4n) is 3.01. The Hall–Kier alpha value is -1.38. The van der Waals surface area contributed by atoms with Gasteiger partial charge in [-0.05, 0) is 43.1 Å². The second kappa shape index (κ2) is 13.7. The van der Waals surface area contributed by atoms with Gasteiger partial charge in [-0.1, -0.05) is 79.5 Å². The summed E-state index contributed by atoms with van der Waals surface area (Å²) >= 11 is 0. The van der Waals surface area contributed by atoms with Crippen molar-refractivity contribution in [2.45, 2.75) is 79.6 Å². The molecule has 0 rings (SSSR count). The van der Waals surface area contributed by atoms with Crippen molar-refractivity contribution in [2.24, 2.45) is 17.8 Å². The highest BCUT2D eigenvalue weighted by Gasteiger charge is 2.18. The van der Waals surface area contributed by atoms with Crippen LogP contribution in [0.25, 0.3) is 0 Å². The number of rotatable bonds is 15. The van der Waals surface area contributed by atoms with Crippen LogP contribution >= 0.6 is 0 Å². The van der Waals surface area contributed by atoms with Crippen molar-refractivity contribution in [2.75, 3.05) is 6.61 Å². The first-order valence-electron chi connectivity index (χ1n) is 10.4. The number of halogens is 2. The molecule has 0 aliphatic rings. The van der Waals surface area contributed by atoms with Crippen molar-refractivity contribution < 1.29 is 13.5 Å². The molecule has 0 bridgehead atoms. The smallest absolute Gasteiger partial charge is 0.200 e. The normalized spacial score (nSPS) is 15.5. The third-order valence-corrected chi connectivity index (χ3v) is 5.49. The van der Waals surface area contributed by atoms with Crippen LogP contribution in [0.1, 0.15) is 79.6 Å². The number of unbranched alkanes of at least 4 members (excludes halogenated alkanes) is 1. The molecule has 0 aromatic rings. The SMILES string of the molecule is C=C(CCC(C)C(C)CCC(C)CCCC)C(=C)/C(F)=C(/F)C(=C)OCC. The Morgan fingerprint density at radius 2 is 1.44 bits per heavy atom. The maximum atomic E-state index is 14.2. The van der Waals surface area contributed by atoms with Crippen LogP contribution in [0.3, 0.4) is 0 Å². The molecule has 0 spiro atoms. The van der Waals surface area contributed by atoms with Gasteiger partial charge in [-0.15, -0.1) is 0 Å². The highest BCUT2D eigenvalue weighted by atomic mass is 19.2. The summed E-state index contributed by atoms with van der Waals surface area (Å²) in [5.41, 5.74) is 0.531. The number of hydrogen-bond acceptors (Lipinski definition) is 1. The third-order valence-electron chi connectivity index (χ3n) is 5.49. The summed E-state index contributed by atoms with van der Waals surface area (Å²) < 4.78 is 33.1. The Labute approximate surface area is 166 Å². The first-order chi connectivity index (χ1) is 12.6. The van der Waals surface area contributed by atoms with E-state index in [9.17, 15) is 8.78 Å². The maximum absolute atomic E-state index is 14.2. The zero-order chi connectivity index (χ0) is 21.0. The van der Waals surface area contributed by atoms with E-state index in [-0.39, 0.29) is 17.9 Å². The second-order valence-corrected chi connectivity index (χ2v) is 7.88. The van der Waals surface area contributed by atoms with E-state index in [0.29, 0.717) is 23.8 Å². The summed E-state index contributed by atoms with van der Waals surface area (Å²) in [6.07, 6.45) is 7.82. The van der Waals surface area contributed by atoms with Crippen molar-refractivity contribution in [3.05, 3.63) is 48.3 Å². The summed E-state index contributed by atoms with van der Waals surface area (Å²) in [5.74, 6) is -0.541. The average Bonchev–Trinajstić information content (AvgIpc) is 2.66. The molecule has 0 N–H and O–H groups in total. The number of ether oxygens (including phenoxy) is 1. The van der Waals surface area contributed by atoms with Crippen LogP contribution in [-0.2, 0) is 4.74 Å². The molecule has 0 aliphatic carbocycles. The average molecular weight is 383 g/mol. The van der Waals surface area contributed by atoms with Crippen LogP contribution < -0.4 is 0 Å². The zero-order valence-electron chi connectivity index (χ0n) is 18.2. The van der Waals surface area contributed by atoms with Gasteiger partial charge in [0.1, 0.15) is 0 Å². The lowest BCUT2D eigenvalue weighted by Gasteiger charge is -2.22. The minimum atomic E-state index is -1.09. The van der Waals surface area contributed by atoms with Gasteiger partial charge >= 0.3 is 0 Å². The zero-order valence-corrected chi connectivity index (χ0v) is 18.2. The molecule has 3 atom stereocenters. The van der Waals surface area contributed by atoms with Crippen LogP contribution in [0, 0.1) is 17.8 Å². The molecule has 0 radical (unpaired) electrons. The van der Waals surface area contributed by atoms with E-state index < -0.39 is 11.7 Å². The molecular weight excluding hydrogens is 342 g/mol. The van der Waals surface area contributed by atoms with Crippen molar-refractivity contribution in [3.8, 4) is 0 Å². The first-order valence-corrected chi connectivity index (χ1v) is 10.4. The highest BCUT2D eigenvalue weighted by molar-refractivity contribution is 5.43. The highest BCUT2D eigenvalue weighted by Crippen LogP contribution is 2.31. The minimum Gasteiger partial charge on any atom is -0.491 e. The molecule has 0 aliphatic heterocycles. The molecule has 1 nitrogen and oxygen atoms in total. The molecule has 0 heterocycles. The van der Waals surface area contributed by atoms with E-state index in [4.69, 9.17) is 4.74 Å². The minimum absolute atomic E-state index is 0.00129. The van der Waals surface area contributed by atoms with Gasteiger partial charge in [0.25, 0.3) is 0 Å². The lowest BCUT2D eigenvalue weighted by molar-refractivity contribution is 0.224. The summed E-state index contributed by atoms with van der Waals surface area (Å²) in [4.78, 5) is 0. The standard InChI is InChI=1S/C24H40F2O/c1-9-11-12-17(3)13-14-18(4)19(5)15-16-20(6)21(7)23(25)24(26)22(8)27-10-2/h17-19H,6-16H2,1-5H3/b24-23-. The van der Waals surface area contributed by atoms with Gasteiger partial charge in [0.15, 0.2) is 11.6 Å². The van der Waals surface area contributed by atoms with Gasteiger partial charge in [-0.25, -0.2) is 4.39 Å². The Morgan fingerprint density at radius 1 is 0.852 bits per heavy atom. The van der Waals surface area contributed by atoms with Crippen LogP contribution in [0.5, 0.6) is 0 Å². The van der Waals surface area contributed by atoms with Crippen LogP contribution in [0.2, 0.25) is 0 Å². The molecule has 0 saturated heterocycles. The summed E-state index contributed by atoms with van der Waals surface area (Å²) in [6.45, 7) is 21.9. The molecule has 0 amide bonds. The molecule has 0 aromatic carbocycles. The van der Waals surface area contributed by atoms with E-state index in [1.54, 1.807) is 6.92 Å². The van der Waals surface area contributed by atoms with Gasteiger partial charge in [-0.3, -0.25) is 0 Å². The van der Waals surface area contributed by atoms with Gasteiger partial charge in [0, 0.05) is 5.57 Å². The monoisotopic (exact) mass is 382 g/mol. The predicted octanol–water partition coefficient (Wildman–Crippen LogP) is 8.46. The van der Waals surface area contributed by atoms with E-state index in [1.807, 2.05) is 0 Å². The van der Waals surface area contributed by atoms with Gasteiger partial charge in [0.05, 0.1) is 6.61 Å². The van der Waals surface area contributed by atoms with Crippen molar-refractivity contribution >= 4 is 0 Å². The molecule has 156 valence electrons. The number of hydrogen-bond donors (Lipinski definition) is 0. The lowest BCUT2D eigenvalue weighted by atomic mass is 9.84. The Kier molecular flexibility index (Phi) is 13.0. The number of allylic oxidation sites excluding steroid dienone is 4. The lowest BCUT2D eigenvalue weighted by Crippen LogP contribution is -2.10. The largest absolute Gasteiger partial charge is 0.491 e. The van der Waals surface area contributed by atoms with E-state index in [2.05, 4.69) is 47.4 Å². The molecule has 0 fully saturated rings. The molecule has 0 aromatic heterocycles. The summed E-state index contributed by atoms with van der Waals surface area (Å²) in [6, 6.07) is 0. The van der Waals surface area contributed by atoms with Gasteiger partial charge in [-0.2, -0.15) is 4.39 Å². The fraction of sp³-hybridized carbons (Fsp3) is 0.667. The van der Waals surface area contributed by atoms with Crippen molar-refractivity contribution in [3.63, 3.8) is 0 Å². The molecule has 0 saturated carbocycles. The molecule has 3 unspecified atom stereocenters. The van der Waals surface area contributed by atoms with Crippen LogP contribution in [-0.4, -0.2) is 6.61 Å².